The molecule has 0 unspecified atom stereocenters. The molecule has 1 aromatic rings. The van der Waals surface area contributed by atoms with Gasteiger partial charge in [-0.1, -0.05) is 43.5 Å². The molecule has 0 saturated heterocycles. The maximum absolute atomic E-state index is 6.00. The monoisotopic (exact) mass is 338 g/mol. The molecule has 1 nitrogen and oxygen atoms in total. The van der Waals surface area contributed by atoms with Gasteiger partial charge >= 0.3 is 0 Å². The molecule has 1 aliphatic rings. The van der Waals surface area contributed by atoms with Crippen molar-refractivity contribution in [2.24, 2.45) is 0 Å². The minimum absolute atomic E-state index is 0.311. The zero-order chi connectivity index (χ0) is 10.1. The normalized spacial score (nSPS) is 25.6. The highest BCUT2D eigenvalue weighted by atomic mass is 79.9. The standard InChI is InChI=1S/C10H9Br2ClO/c11-6-1-2-9(13)10(5-6)14-8-3-7(12)4-8/h1-2,5,7-8H,3-4H2. The highest BCUT2D eigenvalue weighted by molar-refractivity contribution is 9.10. The fourth-order valence-electron chi connectivity index (χ4n) is 1.34. The van der Waals surface area contributed by atoms with E-state index in [1.807, 2.05) is 18.2 Å². The van der Waals surface area contributed by atoms with Crippen molar-refractivity contribution in [3.8, 4) is 5.75 Å². The smallest absolute Gasteiger partial charge is 0.139 e. The van der Waals surface area contributed by atoms with Crippen molar-refractivity contribution >= 4 is 43.5 Å². The van der Waals surface area contributed by atoms with Crippen molar-refractivity contribution in [1.82, 2.24) is 0 Å². The molecule has 1 saturated carbocycles. The lowest BCUT2D eigenvalue weighted by Crippen LogP contribution is -2.34. The van der Waals surface area contributed by atoms with Gasteiger partial charge in [-0.3, -0.25) is 0 Å². The van der Waals surface area contributed by atoms with Crippen LogP contribution >= 0.6 is 43.5 Å². The molecular weight excluding hydrogens is 331 g/mol. The minimum atomic E-state index is 0.311. The first-order valence-corrected chi connectivity index (χ1v) is 6.49. The average Bonchev–Trinajstić information content (AvgIpc) is 2.09. The van der Waals surface area contributed by atoms with Crippen molar-refractivity contribution in [3.63, 3.8) is 0 Å². The Hall–Kier alpha value is 0.270. The van der Waals surface area contributed by atoms with Gasteiger partial charge in [0.25, 0.3) is 0 Å². The van der Waals surface area contributed by atoms with Gasteiger partial charge in [-0.15, -0.1) is 0 Å². The Bertz CT molecular complexity index is 337. The van der Waals surface area contributed by atoms with Crippen LogP contribution < -0.4 is 4.74 Å². The second-order valence-electron chi connectivity index (χ2n) is 3.38. The second-order valence-corrected chi connectivity index (χ2v) is 6.00. The van der Waals surface area contributed by atoms with Crippen molar-refractivity contribution in [2.75, 3.05) is 0 Å². The van der Waals surface area contributed by atoms with Crippen LogP contribution in [0.25, 0.3) is 0 Å². The second kappa shape index (κ2) is 4.42. The molecule has 1 aromatic carbocycles. The summed E-state index contributed by atoms with van der Waals surface area (Å²) < 4.78 is 6.73. The molecule has 0 aliphatic heterocycles. The van der Waals surface area contributed by atoms with E-state index in [-0.39, 0.29) is 0 Å². The van der Waals surface area contributed by atoms with Crippen LogP contribution in [-0.2, 0) is 0 Å². The molecule has 0 aromatic heterocycles. The van der Waals surface area contributed by atoms with E-state index in [0.29, 0.717) is 16.0 Å². The van der Waals surface area contributed by atoms with Gasteiger partial charge in [-0.2, -0.15) is 0 Å². The van der Waals surface area contributed by atoms with E-state index >= 15 is 0 Å². The lowest BCUT2D eigenvalue weighted by Gasteiger charge is -2.31. The molecule has 0 heterocycles. The summed E-state index contributed by atoms with van der Waals surface area (Å²) in [6.07, 6.45) is 2.43. The molecule has 0 radical (unpaired) electrons. The summed E-state index contributed by atoms with van der Waals surface area (Å²) in [6.45, 7) is 0. The van der Waals surface area contributed by atoms with Gasteiger partial charge in [0.05, 0.1) is 5.02 Å². The molecule has 0 amide bonds. The van der Waals surface area contributed by atoms with Gasteiger partial charge in [-0.05, 0) is 31.0 Å². The summed E-state index contributed by atoms with van der Waals surface area (Å²) in [5, 5.41) is 0.672. The summed E-state index contributed by atoms with van der Waals surface area (Å²) in [4.78, 5) is 0.610. The number of ether oxygens (including phenoxy) is 1. The Morgan fingerprint density at radius 2 is 2.07 bits per heavy atom. The third-order valence-electron chi connectivity index (χ3n) is 2.22. The molecule has 0 N–H and O–H groups in total. The first kappa shape index (κ1) is 10.8. The van der Waals surface area contributed by atoms with Crippen LogP contribution in [0, 0.1) is 0 Å². The third-order valence-corrected chi connectivity index (χ3v) is 3.78. The molecule has 1 fully saturated rings. The lowest BCUT2D eigenvalue weighted by molar-refractivity contribution is 0.128. The molecule has 0 spiro atoms. The topological polar surface area (TPSA) is 9.23 Å². The van der Waals surface area contributed by atoms with Crippen LogP contribution in [0.4, 0.5) is 0 Å². The van der Waals surface area contributed by atoms with Crippen LogP contribution in [0.2, 0.25) is 5.02 Å². The SMILES string of the molecule is Clc1ccc(Br)cc1OC1CC(Br)C1. The van der Waals surface area contributed by atoms with Crippen molar-refractivity contribution in [1.29, 1.82) is 0 Å². The summed E-state index contributed by atoms with van der Waals surface area (Å²) in [6, 6.07) is 5.65. The highest BCUT2D eigenvalue weighted by Crippen LogP contribution is 2.35. The highest BCUT2D eigenvalue weighted by Gasteiger charge is 2.28. The van der Waals surface area contributed by atoms with Crippen LogP contribution in [0.15, 0.2) is 22.7 Å². The first-order valence-electron chi connectivity index (χ1n) is 4.41. The van der Waals surface area contributed by atoms with E-state index < -0.39 is 0 Å². The number of hydrogen-bond acceptors (Lipinski definition) is 1. The quantitative estimate of drug-likeness (QED) is 0.725. The maximum Gasteiger partial charge on any atom is 0.139 e. The lowest BCUT2D eigenvalue weighted by atomic mass is 9.96. The molecule has 0 bridgehead atoms. The number of halogens is 3. The fourth-order valence-corrected chi connectivity index (χ4v) is 2.68. The van der Waals surface area contributed by atoms with Crippen LogP contribution in [0.5, 0.6) is 5.75 Å². The largest absolute Gasteiger partial charge is 0.489 e. The Balaban J connectivity index is 2.05. The minimum Gasteiger partial charge on any atom is -0.489 e. The number of alkyl halides is 1. The number of rotatable bonds is 2. The third kappa shape index (κ3) is 2.44. The predicted molar refractivity (Wildman–Crippen MR) is 65.5 cm³/mol. The fraction of sp³-hybridized carbons (Fsp3) is 0.400. The molecular formula is C10H9Br2ClO. The maximum atomic E-state index is 6.00. The molecule has 14 heavy (non-hydrogen) atoms. The molecule has 4 heteroatoms. The van der Waals surface area contributed by atoms with E-state index in [2.05, 4.69) is 31.9 Å². The summed E-state index contributed by atoms with van der Waals surface area (Å²) >= 11 is 12.9. The van der Waals surface area contributed by atoms with Gasteiger partial charge < -0.3 is 4.74 Å². The molecule has 2 rings (SSSR count). The summed E-state index contributed by atoms with van der Waals surface area (Å²) in [5.74, 6) is 0.769. The van der Waals surface area contributed by atoms with Crippen molar-refractivity contribution < 1.29 is 4.74 Å². The van der Waals surface area contributed by atoms with Crippen LogP contribution in [0.1, 0.15) is 12.8 Å². The van der Waals surface area contributed by atoms with E-state index in [1.165, 1.54) is 0 Å². The van der Waals surface area contributed by atoms with E-state index in [0.717, 1.165) is 23.1 Å². The molecule has 76 valence electrons. The Morgan fingerprint density at radius 3 is 2.71 bits per heavy atom. The van der Waals surface area contributed by atoms with Crippen LogP contribution in [-0.4, -0.2) is 10.9 Å². The van der Waals surface area contributed by atoms with E-state index in [4.69, 9.17) is 16.3 Å². The van der Waals surface area contributed by atoms with Gasteiger partial charge in [0.1, 0.15) is 11.9 Å². The van der Waals surface area contributed by atoms with Gasteiger partial charge in [0, 0.05) is 9.30 Å². The van der Waals surface area contributed by atoms with Gasteiger partial charge in [0.15, 0.2) is 0 Å². The molecule has 0 atom stereocenters. The van der Waals surface area contributed by atoms with E-state index in [9.17, 15) is 0 Å². The molecule has 1 aliphatic carbocycles. The predicted octanol–water partition coefficient (Wildman–Crippen LogP) is 4.41. The summed E-state index contributed by atoms with van der Waals surface area (Å²) in [7, 11) is 0. The average molecular weight is 340 g/mol. The zero-order valence-corrected chi connectivity index (χ0v) is 11.3. The Labute approximate surface area is 105 Å². The zero-order valence-electron chi connectivity index (χ0n) is 7.34. The first-order chi connectivity index (χ1) is 6.65. The van der Waals surface area contributed by atoms with Gasteiger partial charge in [-0.25, -0.2) is 0 Å². The summed E-state index contributed by atoms with van der Waals surface area (Å²) in [5.41, 5.74) is 0. The van der Waals surface area contributed by atoms with E-state index in [1.54, 1.807) is 0 Å². The van der Waals surface area contributed by atoms with Crippen LogP contribution in [0.3, 0.4) is 0 Å². The number of hydrogen-bond donors (Lipinski definition) is 0. The number of benzene rings is 1. The van der Waals surface area contributed by atoms with Gasteiger partial charge in [0.2, 0.25) is 0 Å². The van der Waals surface area contributed by atoms with Crippen molar-refractivity contribution in [2.45, 2.75) is 23.8 Å². The van der Waals surface area contributed by atoms with Crippen molar-refractivity contribution in [3.05, 3.63) is 27.7 Å². The Morgan fingerprint density at radius 1 is 1.36 bits per heavy atom. The Kier molecular flexibility index (Phi) is 3.40.